The molecule has 0 aromatic heterocycles. The van der Waals surface area contributed by atoms with Gasteiger partial charge >= 0.3 is 0 Å². The van der Waals surface area contributed by atoms with Crippen LogP contribution in [0.5, 0.6) is 0 Å². The summed E-state index contributed by atoms with van der Waals surface area (Å²) in [6, 6.07) is 11.2. The van der Waals surface area contributed by atoms with Gasteiger partial charge in [-0.05, 0) is 43.7 Å². The molecule has 0 aliphatic carbocycles. The Hall–Kier alpha value is -2.15. The lowest BCUT2D eigenvalue weighted by atomic mass is 9.94. The highest BCUT2D eigenvalue weighted by molar-refractivity contribution is 6.42. The molecule has 0 fully saturated rings. The zero-order valence-corrected chi connectivity index (χ0v) is 16.1. The SMILES string of the molecule is CN(C(=O)CNC(C)(C)c1ccc(Cl)c(Cl)c1)c1ccc([N+](=O)[O-])cc1. The first-order valence-corrected chi connectivity index (χ1v) is 8.59. The van der Waals surface area contributed by atoms with Crippen LogP contribution < -0.4 is 10.2 Å². The van der Waals surface area contributed by atoms with Gasteiger partial charge in [-0.15, -0.1) is 0 Å². The minimum absolute atomic E-state index is 0.0199. The summed E-state index contributed by atoms with van der Waals surface area (Å²) in [7, 11) is 1.62. The second-order valence-corrected chi connectivity index (χ2v) is 7.15. The second-order valence-electron chi connectivity index (χ2n) is 6.33. The van der Waals surface area contributed by atoms with Gasteiger partial charge in [-0.3, -0.25) is 20.2 Å². The third kappa shape index (κ3) is 4.72. The van der Waals surface area contributed by atoms with Crippen molar-refractivity contribution in [3.05, 3.63) is 68.2 Å². The molecule has 0 heterocycles. The Morgan fingerprint density at radius 3 is 2.31 bits per heavy atom. The maximum Gasteiger partial charge on any atom is 0.269 e. The lowest BCUT2D eigenvalue weighted by Gasteiger charge is -2.28. The van der Waals surface area contributed by atoms with Crippen LogP contribution in [0.3, 0.4) is 0 Å². The van der Waals surface area contributed by atoms with Crippen LogP contribution in [0.1, 0.15) is 19.4 Å². The Labute approximate surface area is 161 Å². The van der Waals surface area contributed by atoms with Crippen molar-refractivity contribution in [3.8, 4) is 0 Å². The van der Waals surface area contributed by atoms with Crippen LogP contribution in [0.2, 0.25) is 10.0 Å². The normalized spacial score (nSPS) is 11.3. The molecule has 0 unspecified atom stereocenters. The molecule has 0 atom stereocenters. The summed E-state index contributed by atoms with van der Waals surface area (Å²) >= 11 is 12.0. The minimum Gasteiger partial charge on any atom is -0.314 e. The van der Waals surface area contributed by atoms with Crippen LogP contribution >= 0.6 is 23.2 Å². The van der Waals surface area contributed by atoms with Crippen LogP contribution in [-0.4, -0.2) is 24.4 Å². The average molecular weight is 396 g/mol. The molecule has 2 rings (SSSR count). The Morgan fingerprint density at radius 2 is 1.77 bits per heavy atom. The highest BCUT2D eigenvalue weighted by Gasteiger charge is 2.23. The van der Waals surface area contributed by atoms with E-state index in [9.17, 15) is 14.9 Å². The van der Waals surface area contributed by atoms with Gasteiger partial charge in [0.15, 0.2) is 0 Å². The molecule has 1 N–H and O–H groups in total. The zero-order valence-electron chi connectivity index (χ0n) is 14.6. The number of hydrogen-bond donors (Lipinski definition) is 1. The topological polar surface area (TPSA) is 75.5 Å². The number of non-ortho nitro benzene ring substituents is 1. The van der Waals surface area contributed by atoms with Crippen LogP contribution in [0.4, 0.5) is 11.4 Å². The Morgan fingerprint density at radius 1 is 1.15 bits per heavy atom. The molecule has 0 radical (unpaired) electrons. The molecular formula is C18H19Cl2N3O3. The van der Waals surface area contributed by atoms with Gasteiger partial charge in [0.25, 0.3) is 5.69 Å². The number of nitrogens with one attached hydrogen (secondary N) is 1. The van der Waals surface area contributed by atoms with E-state index in [4.69, 9.17) is 23.2 Å². The number of anilines is 1. The summed E-state index contributed by atoms with van der Waals surface area (Å²) in [5.41, 5.74) is 0.959. The van der Waals surface area contributed by atoms with Gasteiger partial charge < -0.3 is 4.90 Å². The van der Waals surface area contributed by atoms with Gasteiger partial charge in [-0.1, -0.05) is 29.3 Å². The van der Waals surface area contributed by atoms with E-state index in [0.29, 0.717) is 15.7 Å². The van der Waals surface area contributed by atoms with Crippen molar-refractivity contribution in [2.45, 2.75) is 19.4 Å². The Bertz CT molecular complexity index is 823. The molecule has 0 aliphatic rings. The van der Waals surface area contributed by atoms with Crippen molar-refractivity contribution < 1.29 is 9.72 Å². The summed E-state index contributed by atoms with van der Waals surface area (Å²) < 4.78 is 0. The highest BCUT2D eigenvalue weighted by Crippen LogP contribution is 2.28. The van der Waals surface area contributed by atoms with E-state index < -0.39 is 10.5 Å². The monoisotopic (exact) mass is 395 g/mol. The Kier molecular flexibility index (Phi) is 6.23. The van der Waals surface area contributed by atoms with Crippen molar-refractivity contribution in [3.63, 3.8) is 0 Å². The number of halogens is 2. The van der Waals surface area contributed by atoms with Crippen molar-refractivity contribution in [2.24, 2.45) is 0 Å². The van der Waals surface area contributed by atoms with Crippen LogP contribution in [0, 0.1) is 10.1 Å². The van der Waals surface area contributed by atoms with Gasteiger partial charge in [0, 0.05) is 30.4 Å². The fourth-order valence-corrected chi connectivity index (χ4v) is 2.64. The summed E-state index contributed by atoms with van der Waals surface area (Å²) in [4.78, 5) is 24.1. The van der Waals surface area contributed by atoms with E-state index in [1.165, 1.54) is 17.0 Å². The molecule has 0 saturated carbocycles. The summed E-state index contributed by atoms with van der Waals surface area (Å²) in [6.07, 6.45) is 0. The lowest BCUT2D eigenvalue weighted by Crippen LogP contribution is -2.44. The number of amides is 1. The first-order chi connectivity index (χ1) is 12.1. The molecule has 1 amide bonds. The number of carbonyl (C=O) groups excluding carboxylic acids is 1. The first kappa shape index (κ1) is 20.2. The number of carbonyl (C=O) groups is 1. The maximum absolute atomic E-state index is 12.4. The standard InChI is InChI=1S/C18H19Cl2N3O3/c1-18(2,12-4-9-15(19)16(20)10-12)21-11-17(24)22(3)13-5-7-14(8-6-13)23(25)26/h4-10,21H,11H2,1-3H3. The fourth-order valence-electron chi connectivity index (χ4n) is 2.34. The fraction of sp³-hybridized carbons (Fsp3) is 0.278. The number of rotatable bonds is 6. The number of nitro groups is 1. The third-order valence-electron chi connectivity index (χ3n) is 4.14. The maximum atomic E-state index is 12.4. The van der Waals surface area contributed by atoms with Gasteiger partial charge in [-0.25, -0.2) is 0 Å². The Balaban J connectivity index is 2.04. The molecule has 138 valence electrons. The molecule has 0 aliphatic heterocycles. The molecule has 0 saturated heterocycles. The molecular weight excluding hydrogens is 377 g/mol. The number of nitrogens with zero attached hydrogens (tertiary/aromatic N) is 2. The molecule has 2 aromatic carbocycles. The molecule has 2 aromatic rings. The number of benzene rings is 2. The summed E-state index contributed by atoms with van der Waals surface area (Å²) in [6.45, 7) is 3.96. The van der Waals surface area contributed by atoms with Crippen LogP contribution in [0.25, 0.3) is 0 Å². The van der Waals surface area contributed by atoms with Gasteiger partial charge in [0.1, 0.15) is 0 Å². The van der Waals surface area contributed by atoms with Crippen LogP contribution in [0.15, 0.2) is 42.5 Å². The predicted octanol–water partition coefficient (Wildman–Crippen LogP) is 4.39. The molecule has 0 spiro atoms. The average Bonchev–Trinajstić information content (AvgIpc) is 2.61. The van der Waals surface area contributed by atoms with E-state index in [2.05, 4.69) is 5.32 Å². The summed E-state index contributed by atoms with van der Waals surface area (Å²) in [5, 5.41) is 14.8. The molecule has 6 nitrogen and oxygen atoms in total. The molecule has 8 heteroatoms. The smallest absolute Gasteiger partial charge is 0.269 e. The van der Waals surface area contributed by atoms with Crippen molar-refractivity contribution >= 4 is 40.5 Å². The van der Waals surface area contributed by atoms with E-state index >= 15 is 0 Å². The van der Waals surface area contributed by atoms with Gasteiger partial charge in [0.05, 0.1) is 21.5 Å². The second kappa shape index (κ2) is 8.03. The largest absolute Gasteiger partial charge is 0.314 e. The minimum atomic E-state index is -0.500. The lowest BCUT2D eigenvalue weighted by molar-refractivity contribution is -0.384. The quantitative estimate of drug-likeness (QED) is 0.581. The first-order valence-electron chi connectivity index (χ1n) is 7.83. The van der Waals surface area contributed by atoms with Crippen LogP contribution in [-0.2, 0) is 10.3 Å². The van der Waals surface area contributed by atoms with Crippen molar-refractivity contribution in [1.29, 1.82) is 0 Å². The third-order valence-corrected chi connectivity index (χ3v) is 4.88. The van der Waals surface area contributed by atoms with Crippen molar-refractivity contribution in [2.75, 3.05) is 18.5 Å². The highest BCUT2D eigenvalue weighted by atomic mass is 35.5. The van der Waals surface area contributed by atoms with Gasteiger partial charge in [0.2, 0.25) is 5.91 Å². The van der Waals surface area contributed by atoms with E-state index in [-0.39, 0.29) is 18.1 Å². The zero-order chi connectivity index (χ0) is 19.5. The van der Waals surface area contributed by atoms with Gasteiger partial charge in [-0.2, -0.15) is 0 Å². The van der Waals surface area contributed by atoms with E-state index in [1.54, 1.807) is 31.3 Å². The van der Waals surface area contributed by atoms with E-state index in [0.717, 1.165) is 5.56 Å². The number of nitro benzene ring substituents is 1. The summed E-state index contributed by atoms with van der Waals surface area (Å²) in [5.74, 6) is -0.174. The number of hydrogen-bond acceptors (Lipinski definition) is 4. The predicted molar refractivity (Wildman–Crippen MR) is 104 cm³/mol. The molecule has 0 bridgehead atoms. The van der Waals surface area contributed by atoms with Crippen molar-refractivity contribution in [1.82, 2.24) is 5.32 Å². The molecule has 26 heavy (non-hydrogen) atoms. The number of likely N-dealkylation sites (N-methyl/N-ethyl adjacent to an activating group) is 1. The van der Waals surface area contributed by atoms with E-state index in [1.807, 2.05) is 19.9 Å².